The summed E-state index contributed by atoms with van der Waals surface area (Å²) in [6.07, 6.45) is -22.0. The van der Waals surface area contributed by atoms with Crippen LogP contribution in [-0.4, -0.2) is 163 Å². The number of hydrogen-bond donors (Lipinski definition) is 10. The van der Waals surface area contributed by atoms with Crippen LogP contribution in [-0.2, 0) is 23.7 Å². The van der Waals surface area contributed by atoms with Gasteiger partial charge in [-0.2, -0.15) is 0 Å². The molecule has 3 rings (SSSR count). The lowest BCUT2D eigenvalue weighted by Gasteiger charge is -2.44. The van der Waals surface area contributed by atoms with E-state index in [-0.39, 0.29) is 5.92 Å². The van der Waals surface area contributed by atoms with Crippen molar-refractivity contribution in [2.45, 2.75) is 106 Å². The largest absolute Gasteiger partial charge is 0.394 e. The number of rotatable bonds is 8. The van der Waals surface area contributed by atoms with Crippen molar-refractivity contribution in [3.05, 3.63) is 0 Å². The second kappa shape index (κ2) is 12.5. The third kappa shape index (κ3) is 6.17. The molecular formula is C21H38O15. The van der Waals surface area contributed by atoms with Gasteiger partial charge in [0.15, 0.2) is 12.6 Å². The van der Waals surface area contributed by atoms with Crippen molar-refractivity contribution in [3.63, 3.8) is 0 Å². The van der Waals surface area contributed by atoms with Crippen LogP contribution in [0, 0.1) is 5.92 Å². The topological polar surface area (TPSA) is 248 Å². The molecule has 3 aliphatic rings. The molecule has 212 valence electrons. The van der Waals surface area contributed by atoms with Crippen LogP contribution in [0.4, 0.5) is 0 Å². The monoisotopic (exact) mass is 530 g/mol. The fourth-order valence-corrected chi connectivity index (χ4v) is 4.44. The standard InChI is InChI=1S/C21H38O15/c1-6(2)19-16(29)13(26)11(24)8(34-19)4-32-21-18(31)15(28)12(25)9(36-21)5-33-20-17(30)14(27)10(23)7(3-22)35-20/h6-31H,3-5H2,1-2H3/t7?,8?,9?,10-,11-,12-,13?,14?,15?,16?,17?,18?,19-,20+,21+/m1/s1. The lowest BCUT2D eigenvalue weighted by atomic mass is 9.89. The zero-order valence-electron chi connectivity index (χ0n) is 19.9. The molecule has 0 amide bonds. The van der Waals surface area contributed by atoms with Crippen LogP contribution < -0.4 is 0 Å². The Balaban J connectivity index is 1.60. The number of aliphatic hydroxyl groups excluding tert-OH is 10. The van der Waals surface area contributed by atoms with Gasteiger partial charge in [0.25, 0.3) is 0 Å². The van der Waals surface area contributed by atoms with E-state index < -0.39 is 112 Å². The van der Waals surface area contributed by atoms with E-state index in [9.17, 15) is 51.1 Å². The second-order valence-corrected chi connectivity index (χ2v) is 9.73. The Hall–Kier alpha value is -0.600. The van der Waals surface area contributed by atoms with Crippen molar-refractivity contribution >= 4 is 0 Å². The first-order valence-electron chi connectivity index (χ1n) is 11.8. The lowest BCUT2D eigenvalue weighted by Crippen LogP contribution is -2.62. The SMILES string of the molecule is CC(C)[C@H]1OC(CO[C@H]2OC(CO[C@H]3OC(CO)[C@@H](O)C(O)C3O)[C@@H](O)C(O)C2O)[C@@H](O)C(O)C1O. The molecule has 0 spiro atoms. The van der Waals surface area contributed by atoms with E-state index in [0.717, 1.165) is 0 Å². The van der Waals surface area contributed by atoms with E-state index in [1.807, 2.05) is 0 Å². The van der Waals surface area contributed by atoms with Gasteiger partial charge in [-0.05, 0) is 5.92 Å². The van der Waals surface area contributed by atoms with E-state index >= 15 is 0 Å². The van der Waals surface area contributed by atoms with Gasteiger partial charge in [-0.1, -0.05) is 13.8 Å². The minimum atomic E-state index is -1.75. The molecule has 0 aromatic carbocycles. The highest BCUT2D eigenvalue weighted by Crippen LogP contribution is 2.29. The van der Waals surface area contributed by atoms with Crippen molar-refractivity contribution in [1.29, 1.82) is 0 Å². The molecule has 0 bridgehead atoms. The summed E-state index contributed by atoms with van der Waals surface area (Å²) in [5.74, 6) is -0.206. The number of hydrogen-bond acceptors (Lipinski definition) is 15. The molecule has 0 aromatic heterocycles. The Morgan fingerprint density at radius 1 is 0.528 bits per heavy atom. The summed E-state index contributed by atoms with van der Waals surface area (Å²) in [5.41, 5.74) is 0. The summed E-state index contributed by atoms with van der Waals surface area (Å²) in [6.45, 7) is 1.88. The van der Waals surface area contributed by atoms with Crippen molar-refractivity contribution in [3.8, 4) is 0 Å². The highest BCUT2D eigenvalue weighted by atomic mass is 16.7. The van der Waals surface area contributed by atoms with Crippen molar-refractivity contribution in [2.24, 2.45) is 5.92 Å². The lowest BCUT2D eigenvalue weighted by molar-refractivity contribution is -0.336. The third-order valence-corrected chi connectivity index (χ3v) is 6.77. The Bertz CT molecular complexity index is 682. The van der Waals surface area contributed by atoms with Gasteiger partial charge in [0.1, 0.15) is 73.2 Å². The first kappa shape index (κ1) is 29.9. The van der Waals surface area contributed by atoms with Crippen molar-refractivity contribution in [2.75, 3.05) is 19.8 Å². The normalized spacial score (nSPS) is 50.4. The molecule has 15 atom stereocenters. The van der Waals surface area contributed by atoms with Gasteiger partial charge in [-0.15, -0.1) is 0 Å². The summed E-state index contributed by atoms with van der Waals surface area (Å²) < 4.78 is 27.2. The smallest absolute Gasteiger partial charge is 0.186 e. The molecule has 3 heterocycles. The van der Waals surface area contributed by atoms with E-state index in [2.05, 4.69) is 0 Å². The summed E-state index contributed by atoms with van der Waals surface area (Å²) >= 11 is 0. The summed E-state index contributed by atoms with van der Waals surface area (Å²) in [7, 11) is 0. The maximum Gasteiger partial charge on any atom is 0.186 e. The summed E-state index contributed by atoms with van der Waals surface area (Å²) in [5, 5.41) is 100. The van der Waals surface area contributed by atoms with Crippen LogP contribution in [0.2, 0.25) is 0 Å². The average Bonchev–Trinajstić information content (AvgIpc) is 2.85. The first-order chi connectivity index (χ1) is 16.9. The van der Waals surface area contributed by atoms with Crippen LogP contribution in [0.25, 0.3) is 0 Å². The molecule has 0 radical (unpaired) electrons. The Labute approximate surface area is 207 Å². The molecule has 3 fully saturated rings. The molecule has 3 aliphatic heterocycles. The molecule has 3 saturated heterocycles. The van der Waals surface area contributed by atoms with Gasteiger partial charge in [0, 0.05) is 0 Å². The van der Waals surface area contributed by atoms with Crippen LogP contribution in [0.15, 0.2) is 0 Å². The minimum Gasteiger partial charge on any atom is -0.394 e. The average molecular weight is 531 g/mol. The highest BCUT2D eigenvalue weighted by molar-refractivity contribution is 4.94. The van der Waals surface area contributed by atoms with Crippen LogP contribution >= 0.6 is 0 Å². The van der Waals surface area contributed by atoms with Gasteiger partial charge >= 0.3 is 0 Å². The quantitative estimate of drug-likeness (QED) is 0.140. The molecular weight excluding hydrogens is 492 g/mol. The maximum atomic E-state index is 10.3. The third-order valence-electron chi connectivity index (χ3n) is 6.77. The summed E-state index contributed by atoms with van der Waals surface area (Å²) in [4.78, 5) is 0. The molecule has 15 heteroatoms. The van der Waals surface area contributed by atoms with Gasteiger partial charge < -0.3 is 74.7 Å². The zero-order chi connectivity index (χ0) is 26.9. The minimum absolute atomic E-state index is 0.206. The van der Waals surface area contributed by atoms with Crippen molar-refractivity contribution < 1.29 is 74.7 Å². The Morgan fingerprint density at radius 2 is 0.917 bits per heavy atom. The predicted octanol–water partition coefficient (Wildman–Crippen LogP) is -5.87. The maximum absolute atomic E-state index is 10.3. The van der Waals surface area contributed by atoms with Gasteiger partial charge in [0.2, 0.25) is 0 Å². The van der Waals surface area contributed by atoms with Crippen LogP contribution in [0.3, 0.4) is 0 Å². The first-order valence-corrected chi connectivity index (χ1v) is 11.8. The zero-order valence-corrected chi connectivity index (χ0v) is 19.9. The molecule has 36 heavy (non-hydrogen) atoms. The molecule has 9 unspecified atom stereocenters. The van der Waals surface area contributed by atoms with Gasteiger partial charge in [-0.25, -0.2) is 0 Å². The summed E-state index contributed by atoms with van der Waals surface area (Å²) in [6, 6.07) is 0. The predicted molar refractivity (Wildman–Crippen MR) is 114 cm³/mol. The van der Waals surface area contributed by atoms with Gasteiger partial charge in [0.05, 0.1) is 25.9 Å². The second-order valence-electron chi connectivity index (χ2n) is 9.73. The van der Waals surface area contributed by atoms with Crippen molar-refractivity contribution in [1.82, 2.24) is 0 Å². The fraction of sp³-hybridized carbons (Fsp3) is 1.00. The Morgan fingerprint density at radius 3 is 1.36 bits per heavy atom. The fourth-order valence-electron chi connectivity index (χ4n) is 4.44. The number of ether oxygens (including phenoxy) is 5. The van der Waals surface area contributed by atoms with E-state index in [4.69, 9.17) is 23.7 Å². The number of aliphatic hydroxyl groups is 10. The molecule has 0 aliphatic carbocycles. The molecule has 10 N–H and O–H groups in total. The molecule has 15 nitrogen and oxygen atoms in total. The van der Waals surface area contributed by atoms with E-state index in [1.165, 1.54) is 0 Å². The highest BCUT2D eigenvalue weighted by Gasteiger charge is 2.49. The van der Waals surface area contributed by atoms with E-state index in [0.29, 0.717) is 0 Å². The van der Waals surface area contributed by atoms with Crippen LogP contribution in [0.1, 0.15) is 13.8 Å². The van der Waals surface area contributed by atoms with E-state index in [1.54, 1.807) is 13.8 Å². The van der Waals surface area contributed by atoms with Gasteiger partial charge in [-0.3, -0.25) is 0 Å². The molecule has 0 saturated carbocycles. The molecule has 0 aromatic rings. The Kier molecular flexibility index (Phi) is 10.4. The van der Waals surface area contributed by atoms with Crippen LogP contribution in [0.5, 0.6) is 0 Å².